The number of halogens is 2. The Morgan fingerprint density at radius 3 is 2.57 bits per heavy atom. The summed E-state index contributed by atoms with van der Waals surface area (Å²) in [5, 5.41) is 8.74. The summed E-state index contributed by atoms with van der Waals surface area (Å²) in [5.74, 6) is -1.30. The molecule has 0 spiro atoms. The number of hydrogen-bond donors (Lipinski definition) is 1. The number of aliphatic carboxylic acids is 1. The number of rotatable bonds is 7. The Morgan fingerprint density at radius 2 is 2.05 bits per heavy atom. The first-order valence-electron chi connectivity index (χ1n) is 6.73. The van der Waals surface area contributed by atoms with Crippen molar-refractivity contribution < 1.29 is 19.1 Å². The molecule has 0 aliphatic rings. The van der Waals surface area contributed by atoms with Gasteiger partial charge >= 0.3 is 5.97 Å². The fourth-order valence-corrected chi connectivity index (χ4v) is 2.17. The van der Waals surface area contributed by atoms with Crippen LogP contribution in [0.15, 0.2) is 22.7 Å². The van der Waals surface area contributed by atoms with Crippen molar-refractivity contribution in [2.75, 3.05) is 13.1 Å². The van der Waals surface area contributed by atoms with Crippen LogP contribution in [0.3, 0.4) is 0 Å². The molecule has 116 valence electrons. The summed E-state index contributed by atoms with van der Waals surface area (Å²) in [5.41, 5.74) is 0.574. The Bertz CT molecular complexity index is 520. The summed E-state index contributed by atoms with van der Waals surface area (Å²) in [4.78, 5) is 24.4. The van der Waals surface area contributed by atoms with E-state index in [1.165, 1.54) is 11.0 Å². The Kier molecular flexibility index (Phi) is 6.81. The molecule has 0 fully saturated rings. The van der Waals surface area contributed by atoms with Gasteiger partial charge in [-0.15, -0.1) is 0 Å². The van der Waals surface area contributed by atoms with Crippen molar-refractivity contribution >= 4 is 27.8 Å². The predicted molar refractivity (Wildman–Crippen MR) is 81.5 cm³/mol. The Labute approximate surface area is 132 Å². The van der Waals surface area contributed by atoms with Gasteiger partial charge in [0.15, 0.2) is 0 Å². The number of benzene rings is 1. The Hall–Kier alpha value is -1.43. The van der Waals surface area contributed by atoms with Gasteiger partial charge in [-0.3, -0.25) is 9.59 Å². The van der Waals surface area contributed by atoms with Gasteiger partial charge in [0.05, 0.1) is 17.3 Å². The third-order valence-electron chi connectivity index (χ3n) is 2.87. The van der Waals surface area contributed by atoms with Crippen LogP contribution in [0, 0.1) is 11.7 Å². The van der Waals surface area contributed by atoms with Crippen LogP contribution in [0.1, 0.15) is 25.8 Å². The van der Waals surface area contributed by atoms with Crippen LogP contribution in [0.25, 0.3) is 0 Å². The zero-order valence-electron chi connectivity index (χ0n) is 12.1. The molecule has 0 radical (unpaired) electrons. The van der Waals surface area contributed by atoms with E-state index in [-0.39, 0.29) is 31.2 Å². The van der Waals surface area contributed by atoms with E-state index < -0.39 is 11.8 Å². The van der Waals surface area contributed by atoms with Crippen molar-refractivity contribution in [2.24, 2.45) is 5.92 Å². The number of carboxylic acids is 1. The molecule has 21 heavy (non-hydrogen) atoms. The topological polar surface area (TPSA) is 57.6 Å². The minimum Gasteiger partial charge on any atom is -0.481 e. The van der Waals surface area contributed by atoms with Crippen LogP contribution >= 0.6 is 15.9 Å². The molecule has 0 heterocycles. The molecular formula is C15H19BrFNO3. The lowest BCUT2D eigenvalue weighted by Crippen LogP contribution is -2.37. The Morgan fingerprint density at radius 1 is 1.38 bits per heavy atom. The summed E-state index contributed by atoms with van der Waals surface area (Å²) < 4.78 is 13.8. The predicted octanol–water partition coefficient (Wildman–Crippen LogP) is 3.09. The average molecular weight is 360 g/mol. The first-order valence-corrected chi connectivity index (χ1v) is 7.52. The van der Waals surface area contributed by atoms with Crippen LogP contribution in [-0.2, 0) is 16.0 Å². The van der Waals surface area contributed by atoms with Gasteiger partial charge in [0.25, 0.3) is 0 Å². The molecule has 0 saturated heterocycles. The summed E-state index contributed by atoms with van der Waals surface area (Å²) in [7, 11) is 0. The number of carboxylic acid groups (broad SMARTS) is 1. The lowest BCUT2D eigenvalue weighted by Gasteiger charge is -2.24. The second kappa shape index (κ2) is 8.12. The van der Waals surface area contributed by atoms with Crippen LogP contribution in [0.4, 0.5) is 4.39 Å². The maximum Gasteiger partial charge on any atom is 0.305 e. The summed E-state index contributed by atoms with van der Waals surface area (Å²) in [6.45, 7) is 4.58. The number of carbonyl (C=O) groups is 2. The second-order valence-corrected chi connectivity index (χ2v) is 6.16. The van der Waals surface area contributed by atoms with Crippen LogP contribution < -0.4 is 0 Å². The van der Waals surface area contributed by atoms with Crippen LogP contribution in [0.5, 0.6) is 0 Å². The molecule has 1 aromatic carbocycles. The molecule has 0 unspecified atom stereocenters. The van der Waals surface area contributed by atoms with Gasteiger partial charge < -0.3 is 10.0 Å². The molecule has 1 N–H and O–H groups in total. The molecule has 1 amide bonds. The molecule has 0 aliphatic carbocycles. The maximum absolute atomic E-state index is 13.4. The first-order chi connectivity index (χ1) is 9.79. The van der Waals surface area contributed by atoms with Crippen LogP contribution in [-0.4, -0.2) is 35.0 Å². The van der Waals surface area contributed by atoms with Gasteiger partial charge in [-0.25, -0.2) is 4.39 Å². The third kappa shape index (κ3) is 6.25. The molecule has 6 heteroatoms. The van der Waals surface area contributed by atoms with E-state index in [0.717, 1.165) is 0 Å². The van der Waals surface area contributed by atoms with Gasteiger partial charge in [0.2, 0.25) is 5.91 Å². The fourth-order valence-electron chi connectivity index (χ4n) is 1.93. The van der Waals surface area contributed by atoms with Gasteiger partial charge in [-0.2, -0.15) is 0 Å². The minimum atomic E-state index is -0.939. The highest BCUT2D eigenvalue weighted by Gasteiger charge is 2.17. The average Bonchev–Trinajstić information content (AvgIpc) is 2.38. The quantitative estimate of drug-likeness (QED) is 0.813. The van der Waals surface area contributed by atoms with Crippen LogP contribution in [0.2, 0.25) is 0 Å². The largest absolute Gasteiger partial charge is 0.481 e. The van der Waals surface area contributed by atoms with E-state index >= 15 is 0 Å². The zero-order valence-corrected chi connectivity index (χ0v) is 13.7. The van der Waals surface area contributed by atoms with E-state index in [2.05, 4.69) is 15.9 Å². The molecule has 0 atom stereocenters. The molecule has 0 saturated carbocycles. The summed E-state index contributed by atoms with van der Waals surface area (Å²) in [6.07, 6.45) is -0.0241. The van der Waals surface area contributed by atoms with E-state index in [4.69, 9.17) is 5.11 Å². The van der Waals surface area contributed by atoms with Crippen molar-refractivity contribution in [2.45, 2.75) is 26.7 Å². The second-order valence-electron chi connectivity index (χ2n) is 5.30. The van der Waals surface area contributed by atoms with E-state index in [9.17, 15) is 14.0 Å². The van der Waals surface area contributed by atoms with Crippen molar-refractivity contribution in [3.63, 3.8) is 0 Å². The number of hydrogen-bond acceptors (Lipinski definition) is 2. The van der Waals surface area contributed by atoms with Gasteiger partial charge in [-0.1, -0.05) is 19.9 Å². The third-order valence-corrected chi connectivity index (χ3v) is 3.52. The molecule has 0 aromatic heterocycles. The molecular weight excluding hydrogens is 341 g/mol. The normalized spacial score (nSPS) is 10.7. The highest BCUT2D eigenvalue weighted by atomic mass is 79.9. The van der Waals surface area contributed by atoms with E-state index in [1.807, 2.05) is 13.8 Å². The number of carbonyl (C=O) groups excluding carboxylic acids is 1. The van der Waals surface area contributed by atoms with Gasteiger partial charge in [0.1, 0.15) is 5.82 Å². The Balaban J connectivity index is 2.74. The zero-order chi connectivity index (χ0) is 16.0. The van der Waals surface area contributed by atoms with Crippen molar-refractivity contribution in [3.05, 3.63) is 34.1 Å². The molecule has 4 nitrogen and oxygen atoms in total. The summed E-state index contributed by atoms with van der Waals surface area (Å²) in [6, 6.07) is 4.55. The fraction of sp³-hybridized carbons (Fsp3) is 0.467. The van der Waals surface area contributed by atoms with Crippen molar-refractivity contribution in [1.29, 1.82) is 0 Å². The minimum absolute atomic E-state index is 0.0660. The first kappa shape index (κ1) is 17.6. The summed E-state index contributed by atoms with van der Waals surface area (Å²) >= 11 is 3.06. The lowest BCUT2D eigenvalue weighted by molar-refractivity contribution is -0.138. The molecule has 1 aromatic rings. The number of nitrogens with zero attached hydrogens (tertiary/aromatic N) is 1. The van der Waals surface area contributed by atoms with Crippen molar-refractivity contribution in [1.82, 2.24) is 4.90 Å². The monoisotopic (exact) mass is 359 g/mol. The lowest BCUT2D eigenvalue weighted by atomic mass is 10.1. The van der Waals surface area contributed by atoms with Crippen molar-refractivity contribution in [3.8, 4) is 0 Å². The molecule has 0 bridgehead atoms. The number of amides is 1. The van der Waals surface area contributed by atoms with E-state index in [0.29, 0.717) is 16.6 Å². The maximum atomic E-state index is 13.4. The molecule has 1 rings (SSSR count). The SMILES string of the molecule is CC(C)CN(CCC(=O)O)C(=O)Cc1ccc(Br)c(F)c1. The smallest absolute Gasteiger partial charge is 0.305 e. The van der Waals surface area contributed by atoms with Gasteiger partial charge in [-0.05, 0) is 39.5 Å². The molecule has 0 aliphatic heterocycles. The highest BCUT2D eigenvalue weighted by molar-refractivity contribution is 9.10. The standard InChI is InChI=1S/C15H19BrFNO3/c1-10(2)9-18(6-5-15(20)21)14(19)8-11-3-4-12(16)13(17)7-11/h3-4,7,10H,5-6,8-9H2,1-2H3,(H,20,21). The highest BCUT2D eigenvalue weighted by Crippen LogP contribution is 2.17. The van der Waals surface area contributed by atoms with E-state index in [1.54, 1.807) is 12.1 Å². The van der Waals surface area contributed by atoms with Gasteiger partial charge in [0, 0.05) is 13.1 Å².